The molecule has 0 aromatic carbocycles. The van der Waals surface area contributed by atoms with E-state index in [1.54, 1.807) is 0 Å². The van der Waals surface area contributed by atoms with Gasteiger partial charge in [-0.15, -0.1) is 0 Å². The highest BCUT2D eigenvalue weighted by atomic mass is 15.2. The lowest BCUT2D eigenvalue weighted by Gasteiger charge is -2.41. The van der Waals surface area contributed by atoms with Crippen LogP contribution in [0.4, 0.5) is 0 Å². The van der Waals surface area contributed by atoms with Crippen LogP contribution in [0.2, 0.25) is 0 Å². The van der Waals surface area contributed by atoms with E-state index in [4.69, 9.17) is 0 Å². The van der Waals surface area contributed by atoms with Gasteiger partial charge < -0.3 is 4.90 Å². The molecule has 3 atom stereocenters. The summed E-state index contributed by atoms with van der Waals surface area (Å²) in [6.45, 7) is 7.04. The monoisotopic (exact) mass is 169 g/mol. The lowest BCUT2D eigenvalue weighted by molar-refractivity contribution is 0.0877. The maximum absolute atomic E-state index is 2.57. The van der Waals surface area contributed by atoms with Crippen LogP contribution in [0.5, 0.6) is 0 Å². The Labute approximate surface area is 77.1 Å². The number of nitrogens with zero attached hydrogens (tertiary/aromatic N) is 1. The summed E-state index contributed by atoms with van der Waals surface area (Å²) >= 11 is 0. The third-order valence-corrected chi connectivity index (χ3v) is 3.31. The van der Waals surface area contributed by atoms with Crippen LogP contribution in [0, 0.1) is 5.92 Å². The standard InChI is InChI=1S/C11H23N/c1-5-6-11-8-9(2)7-10(3)12(11)4/h9-11H,5-8H2,1-4H3. The summed E-state index contributed by atoms with van der Waals surface area (Å²) in [5.41, 5.74) is 0. The molecule has 0 bridgehead atoms. The molecule has 72 valence electrons. The molecule has 1 saturated heterocycles. The van der Waals surface area contributed by atoms with Crippen molar-refractivity contribution >= 4 is 0 Å². The fourth-order valence-electron chi connectivity index (χ4n) is 2.49. The average Bonchev–Trinajstić information content (AvgIpc) is 2.00. The Balaban J connectivity index is 2.47. The van der Waals surface area contributed by atoms with Crippen LogP contribution in [-0.4, -0.2) is 24.0 Å². The van der Waals surface area contributed by atoms with Gasteiger partial charge in [0.15, 0.2) is 0 Å². The Morgan fingerprint density at radius 3 is 2.50 bits per heavy atom. The van der Waals surface area contributed by atoms with E-state index in [1.165, 1.54) is 25.7 Å². The first-order valence-electron chi connectivity index (χ1n) is 5.37. The summed E-state index contributed by atoms with van der Waals surface area (Å²) in [5, 5.41) is 0. The number of piperidine rings is 1. The van der Waals surface area contributed by atoms with E-state index < -0.39 is 0 Å². The summed E-state index contributed by atoms with van der Waals surface area (Å²) in [4.78, 5) is 2.57. The first-order chi connectivity index (χ1) is 5.65. The predicted octanol–water partition coefficient (Wildman–Crippen LogP) is 2.91. The molecule has 1 nitrogen and oxygen atoms in total. The third kappa shape index (κ3) is 2.22. The Kier molecular flexibility index (Phi) is 3.57. The van der Waals surface area contributed by atoms with E-state index in [-0.39, 0.29) is 0 Å². The summed E-state index contributed by atoms with van der Waals surface area (Å²) in [7, 11) is 2.29. The van der Waals surface area contributed by atoms with Crippen molar-refractivity contribution in [3.8, 4) is 0 Å². The highest BCUT2D eigenvalue weighted by molar-refractivity contribution is 4.82. The molecule has 0 aromatic rings. The molecule has 0 saturated carbocycles. The molecule has 1 aliphatic rings. The first kappa shape index (κ1) is 10.0. The van der Waals surface area contributed by atoms with Gasteiger partial charge in [-0.25, -0.2) is 0 Å². The van der Waals surface area contributed by atoms with Crippen LogP contribution in [0.1, 0.15) is 46.5 Å². The molecule has 0 aliphatic carbocycles. The van der Waals surface area contributed by atoms with Gasteiger partial charge >= 0.3 is 0 Å². The van der Waals surface area contributed by atoms with Gasteiger partial charge in [-0.2, -0.15) is 0 Å². The summed E-state index contributed by atoms with van der Waals surface area (Å²) in [6.07, 6.45) is 5.50. The maximum atomic E-state index is 2.57. The lowest BCUT2D eigenvalue weighted by Crippen LogP contribution is -2.44. The number of likely N-dealkylation sites (tertiary alicyclic amines) is 1. The van der Waals surface area contributed by atoms with Crippen molar-refractivity contribution < 1.29 is 0 Å². The van der Waals surface area contributed by atoms with Crippen LogP contribution in [0.3, 0.4) is 0 Å². The normalized spacial score (nSPS) is 38.5. The van der Waals surface area contributed by atoms with Gasteiger partial charge in [0.25, 0.3) is 0 Å². The third-order valence-electron chi connectivity index (χ3n) is 3.31. The maximum Gasteiger partial charge on any atom is 0.00974 e. The molecule has 0 N–H and O–H groups in total. The molecule has 0 amide bonds. The number of rotatable bonds is 2. The fraction of sp³-hybridized carbons (Fsp3) is 1.00. The van der Waals surface area contributed by atoms with Crippen molar-refractivity contribution in [3.05, 3.63) is 0 Å². The number of hydrogen-bond acceptors (Lipinski definition) is 1. The number of hydrogen-bond donors (Lipinski definition) is 0. The van der Waals surface area contributed by atoms with E-state index in [0.29, 0.717) is 0 Å². The topological polar surface area (TPSA) is 3.24 Å². The predicted molar refractivity (Wildman–Crippen MR) is 54.3 cm³/mol. The van der Waals surface area contributed by atoms with Gasteiger partial charge in [0.2, 0.25) is 0 Å². The molecule has 1 heteroatoms. The molecule has 0 aromatic heterocycles. The Bertz CT molecular complexity index is 133. The molecule has 12 heavy (non-hydrogen) atoms. The quantitative estimate of drug-likeness (QED) is 0.614. The van der Waals surface area contributed by atoms with Gasteiger partial charge in [0.05, 0.1) is 0 Å². The van der Waals surface area contributed by atoms with Gasteiger partial charge in [-0.1, -0.05) is 20.3 Å². The van der Waals surface area contributed by atoms with Crippen molar-refractivity contribution in [2.75, 3.05) is 7.05 Å². The van der Waals surface area contributed by atoms with Crippen LogP contribution in [0.25, 0.3) is 0 Å². The summed E-state index contributed by atoms with van der Waals surface area (Å²) < 4.78 is 0. The van der Waals surface area contributed by atoms with E-state index in [9.17, 15) is 0 Å². The van der Waals surface area contributed by atoms with E-state index >= 15 is 0 Å². The Morgan fingerprint density at radius 2 is 1.92 bits per heavy atom. The molecular formula is C11H23N. The minimum Gasteiger partial charge on any atom is -0.301 e. The summed E-state index contributed by atoms with van der Waals surface area (Å²) in [5.74, 6) is 0.938. The second-order valence-corrected chi connectivity index (χ2v) is 4.53. The molecule has 1 aliphatic heterocycles. The van der Waals surface area contributed by atoms with E-state index in [2.05, 4.69) is 32.7 Å². The minimum atomic E-state index is 0.797. The Hall–Kier alpha value is -0.0400. The molecule has 0 spiro atoms. The van der Waals surface area contributed by atoms with Gasteiger partial charge in [-0.3, -0.25) is 0 Å². The SMILES string of the molecule is CCCC1CC(C)CC(C)N1C. The fourth-order valence-corrected chi connectivity index (χ4v) is 2.49. The van der Waals surface area contributed by atoms with Gasteiger partial charge in [-0.05, 0) is 39.2 Å². The van der Waals surface area contributed by atoms with Crippen molar-refractivity contribution in [3.63, 3.8) is 0 Å². The molecule has 1 fully saturated rings. The van der Waals surface area contributed by atoms with Crippen molar-refractivity contribution in [2.24, 2.45) is 5.92 Å². The van der Waals surface area contributed by atoms with Crippen molar-refractivity contribution in [2.45, 2.75) is 58.5 Å². The van der Waals surface area contributed by atoms with E-state index in [0.717, 1.165) is 18.0 Å². The van der Waals surface area contributed by atoms with Crippen molar-refractivity contribution in [1.29, 1.82) is 0 Å². The first-order valence-corrected chi connectivity index (χ1v) is 5.37. The Morgan fingerprint density at radius 1 is 1.25 bits per heavy atom. The highest BCUT2D eigenvalue weighted by Crippen LogP contribution is 2.28. The summed E-state index contributed by atoms with van der Waals surface area (Å²) in [6, 6.07) is 1.65. The zero-order valence-corrected chi connectivity index (χ0v) is 9.01. The van der Waals surface area contributed by atoms with Gasteiger partial charge in [0, 0.05) is 12.1 Å². The zero-order chi connectivity index (χ0) is 9.14. The molecule has 1 heterocycles. The zero-order valence-electron chi connectivity index (χ0n) is 9.01. The molecule has 3 unspecified atom stereocenters. The second kappa shape index (κ2) is 4.27. The van der Waals surface area contributed by atoms with Crippen LogP contribution in [-0.2, 0) is 0 Å². The lowest BCUT2D eigenvalue weighted by atomic mass is 9.86. The molecule has 1 rings (SSSR count). The van der Waals surface area contributed by atoms with Crippen LogP contribution >= 0.6 is 0 Å². The van der Waals surface area contributed by atoms with Crippen molar-refractivity contribution in [1.82, 2.24) is 4.90 Å². The molecular weight excluding hydrogens is 146 g/mol. The highest BCUT2D eigenvalue weighted by Gasteiger charge is 2.27. The van der Waals surface area contributed by atoms with Gasteiger partial charge in [0.1, 0.15) is 0 Å². The van der Waals surface area contributed by atoms with E-state index in [1.807, 2.05) is 0 Å². The van der Waals surface area contributed by atoms with Crippen LogP contribution < -0.4 is 0 Å². The minimum absolute atomic E-state index is 0.797. The second-order valence-electron chi connectivity index (χ2n) is 4.53. The largest absolute Gasteiger partial charge is 0.301 e. The smallest absolute Gasteiger partial charge is 0.00974 e. The van der Waals surface area contributed by atoms with Crippen LogP contribution in [0.15, 0.2) is 0 Å². The average molecular weight is 169 g/mol. The molecule has 0 radical (unpaired) electrons.